The number of piperazine rings is 1. The summed E-state index contributed by atoms with van der Waals surface area (Å²) in [6, 6.07) is 6.63. The fourth-order valence-corrected chi connectivity index (χ4v) is 3.03. The van der Waals surface area contributed by atoms with Gasteiger partial charge in [0.2, 0.25) is 0 Å². The van der Waals surface area contributed by atoms with Crippen molar-refractivity contribution >= 4 is 0 Å². The van der Waals surface area contributed by atoms with Crippen LogP contribution < -0.4 is 4.74 Å². The summed E-state index contributed by atoms with van der Waals surface area (Å²) < 4.78 is 5.47. The summed E-state index contributed by atoms with van der Waals surface area (Å²) in [4.78, 5) is 7.18. The molecule has 4 nitrogen and oxygen atoms in total. The average Bonchev–Trinajstić information content (AvgIpc) is 2.49. The minimum absolute atomic E-state index is 0.926. The quantitative estimate of drug-likeness (QED) is 0.766. The first kappa shape index (κ1) is 17.3. The molecule has 2 rings (SSSR count). The molecule has 0 aromatic heterocycles. The summed E-state index contributed by atoms with van der Waals surface area (Å²) in [5.41, 5.74) is 2.70. The van der Waals surface area contributed by atoms with Crippen LogP contribution in [-0.2, 0) is 13.0 Å². The lowest BCUT2D eigenvalue weighted by molar-refractivity contribution is 0.153. The van der Waals surface area contributed by atoms with E-state index in [0.29, 0.717) is 0 Å². The second-order valence-electron chi connectivity index (χ2n) is 6.63. The zero-order valence-electron chi connectivity index (χ0n) is 14.6. The van der Waals surface area contributed by atoms with Crippen molar-refractivity contribution in [2.45, 2.75) is 19.4 Å². The van der Waals surface area contributed by atoms with Crippen molar-refractivity contribution in [1.82, 2.24) is 14.7 Å². The smallest absolute Gasteiger partial charge is 0.123 e. The maximum Gasteiger partial charge on any atom is 0.123 e. The highest BCUT2D eigenvalue weighted by Crippen LogP contribution is 2.21. The number of hydrogen-bond donors (Lipinski definition) is 0. The third-order valence-electron chi connectivity index (χ3n) is 4.37. The van der Waals surface area contributed by atoms with Gasteiger partial charge in [0.1, 0.15) is 5.75 Å². The number of rotatable bonds is 7. The fraction of sp³-hybridized carbons (Fsp3) is 0.667. The average molecular weight is 305 g/mol. The first-order valence-electron chi connectivity index (χ1n) is 8.30. The van der Waals surface area contributed by atoms with Crippen LogP contribution in [0.3, 0.4) is 0 Å². The molecular weight excluding hydrogens is 274 g/mol. The predicted molar refractivity (Wildman–Crippen MR) is 92.6 cm³/mol. The van der Waals surface area contributed by atoms with Crippen molar-refractivity contribution in [2.75, 3.05) is 61.0 Å². The Morgan fingerprint density at radius 2 is 1.86 bits per heavy atom. The minimum Gasteiger partial charge on any atom is -0.496 e. The maximum atomic E-state index is 5.47. The highest BCUT2D eigenvalue weighted by molar-refractivity contribution is 5.37. The number of aryl methyl sites for hydroxylation is 1. The van der Waals surface area contributed by atoms with Crippen LogP contribution in [-0.4, -0.2) is 75.7 Å². The lowest BCUT2D eigenvalue weighted by Crippen LogP contribution is -2.44. The molecule has 1 fully saturated rings. The summed E-state index contributed by atoms with van der Waals surface area (Å²) in [5.74, 6) is 0.997. The van der Waals surface area contributed by atoms with Gasteiger partial charge in [-0.15, -0.1) is 0 Å². The minimum atomic E-state index is 0.926. The maximum absolute atomic E-state index is 5.47. The molecule has 0 aliphatic carbocycles. The summed E-state index contributed by atoms with van der Waals surface area (Å²) in [6.45, 7) is 6.97. The monoisotopic (exact) mass is 305 g/mol. The summed E-state index contributed by atoms with van der Waals surface area (Å²) in [5, 5.41) is 0. The van der Waals surface area contributed by atoms with E-state index < -0.39 is 0 Å². The molecule has 0 amide bonds. The molecule has 1 aromatic carbocycles. The van der Waals surface area contributed by atoms with Crippen LogP contribution in [0.5, 0.6) is 5.75 Å². The molecule has 124 valence electrons. The number of nitrogens with zero attached hydrogens (tertiary/aromatic N) is 3. The first-order valence-corrected chi connectivity index (χ1v) is 8.30. The number of benzene rings is 1. The Morgan fingerprint density at radius 3 is 2.50 bits per heavy atom. The van der Waals surface area contributed by atoms with Gasteiger partial charge in [-0.25, -0.2) is 0 Å². The molecule has 0 N–H and O–H groups in total. The topological polar surface area (TPSA) is 19.0 Å². The van der Waals surface area contributed by atoms with Gasteiger partial charge in [-0.3, -0.25) is 0 Å². The van der Waals surface area contributed by atoms with Gasteiger partial charge in [-0.2, -0.15) is 0 Å². The molecule has 0 saturated carbocycles. The molecule has 0 atom stereocenters. The Balaban J connectivity index is 1.84. The van der Waals surface area contributed by atoms with Crippen molar-refractivity contribution in [1.29, 1.82) is 0 Å². The molecule has 0 unspecified atom stereocenters. The van der Waals surface area contributed by atoms with Crippen molar-refractivity contribution in [2.24, 2.45) is 0 Å². The van der Waals surface area contributed by atoms with Gasteiger partial charge in [0.25, 0.3) is 0 Å². The van der Waals surface area contributed by atoms with Crippen LogP contribution >= 0.6 is 0 Å². The van der Waals surface area contributed by atoms with Crippen molar-refractivity contribution < 1.29 is 4.74 Å². The molecule has 1 aliphatic heterocycles. The third-order valence-corrected chi connectivity index (χ3v) is 4.37. The van der Waals surface area contributed by atoms with Crippen LogP contribution in [0.25, 0.3) is 0 Å². The Kier molecular flexibility index (Phi) is 6.68. The van der Waals surface area contributed by atoms with Gasteiger partial charge in [0.05, 0.1) is 7.11 Å². The van der Waals surface area contributed by atoms with E-state index in [1.165, 1.54) is 50.3 Å². The number of likely N-dealkylation sites (N-methyl/N-ethyl adjacent to an activating group) is 1. The van der Waals surface area contributed by atoms with Gasteiger partial charge in [-0.1, -0.05) is 12.1 Å². The summed E-state index contributed by atoms with van der Waals surface area (Å²) >= 11 is 0. The van der Waals surface area contributed by atoms with Gasteiger partial charge in [0, 0.05) is 38.3 Å². The second-order valence-corrected chi connectivity index (χ2v) is 6.63. The molecular formula is C18H31N3O. The van der Waals surface area contributed by atoms with Crippen LogP contribution in [0.1, 0.15) is 17.5 Å². The van der Waals surface area contributed by atoms with E-state index in [1.54, 1.807) is 7.11 Å². The Morgan fingerprint density at radius 1 is 1.14 bits per heavy atom. The second kappa shape index (κ2) is 8.51. The van der Waals surface area contributed by atoms with E-state index in [4.69, 9.17) is 4.74 Å². The van der Waals surface area contributed by atoms with Gasteiger partial charge < -0.3 is 19.4 Å². The van der Waals surface area contributed by atoms with E-state index in [0.717, 1.165) is 18.7 Å². The van der Waals surface area contributed by atoms with Gasteiger partial charge in [0.15, 0.2) is 0 Å². The van der Waals surface area contributed by atoms with E-state index in [-0.39, 0.29) is 0 Å². The SMILES string of the molecule is COc1ccc(CCCN2CCN(C)CC2)cc1CN(C)C. The fourth-order valence-electron chi connectivity index (χ4n) is 3.03. The lowest BCUT2D eigenvalue weighted by Gasteiger charge is -2.32. The molecule has 0 radical (unpaired) electrons. The van der Waals surface area contributed by atoms with Crippen molar-refractivity contribution in [3.8, 4) is 5.75 Å². The Hall–Kier alpha value is -1.10. The molecule has 1 saturated heterocycles. The molecule has 4 heteroatoms. The number of methoxy groups -OCH3 is 1. The van der Waals surface area contributed by atoms with E-state index in [2.05, 4.69) is 54.0 Å². The molecule has 1 aliphatic rings. The highest BCUT2D eigenvalue weighted by atomic mass is 16.5. The number of hydrogen-bond acceptors (Lipinski definition) is 4. The molecule has 22 heavy (non-hydrogen) atoms. The van der Waals surface area contributed by atoms with Crippen LogP contribution in [0.4, 0.5) is 0 Å². The first-order chi connectivity index (χ1) is 10.6. The highest BCUT2D eigenvalue weighted by Gasteiger charge is 2.13. The Labute approximate surface area is 135 Å². The lowest BCUT2D eigenvalue weighted by atomic mass is 10.0. The predicted octanol–water partition coefficient (Wildman–Crippen LogP) is 1.94. The van der Waals surface area contributed by atoms with E-state index in [9.17, 15) is 0 Å². The van der Waals surface area contributed by atoms with E-state index >= 15 is 0 Å². The largest absolute Gasteiger partial charge is 0.496 e. The van der Waals surface area contributed by atoms with E-state index in [1.807, 2.05) is 0 Å². The Bertz CT molecular complexity index is 454. The van der Waals surface area contributed by atoms with Crippen LogP contribution in [0.2, 0.25) is 0 Å². The normalized spacial score (nSPS) is 17.1. The zero-order chi connectivity index (χ0) is 15.9. The number of ether oxygens (including phenoxy) is 1. The summed E-state index contributed by atoms with van der Waals surface area (Å²) in [7, 11) is 8.15. The van der Waals surface area contributed by atoms with Crippen LogP contribution in [0.15, 0.2) is 18.2 Å². The standard InChI is InChI=1S/C18H31N3O/c1-19(2)15-17-14-16(7-8-18(17)22-4)6-5-9-21-12-10-20(3)11-13-21/h7-8,14H,5-6,9-13,15H2,1-4H3. The van der Waals surface area contributed by atoms with Gasteiger partial charge >= 0.3 is 0 Å². The van der Waals surface area contributed by atoms with Gasteiger partial charge in [-0.05, 0) is 52.2 Å². The molecule has 0 bridgehead atoms. The third kappa shape index (κ3) is 5.27. The molecule has 1 aromatic rings. The molecule has 0 spiro atoms. The molecule has 1 heterocycles. The van der Waals surface area contributed by atoms with Crippen LogP contribution in [0, 0.1) is 0 Å². The zero-order valence-corrected chi connectivity index (χ0v) is 14.6. The van der Waals surface area contributed by atoms with Crippen molar-refractivity contribution in [3.05, 3.63) is 29.3 Å². The summed E-state index contributed by atoms with van der Waals surface area (Å²) in [6.07, 6.45) is 2.38. The van der Waals surface area contributed by atoms with Crippen molar-refractivity contribution in [3.63, 3.8) is 0 Å².